The molecule has 12 heteroatoms. The molecule has 0 radical (unpaired) electrons. The molecule has 1 amide bonds. The van der Waals surface area contributed by atoms with Gasteiger partial charge in [0.1, 0.15) is 0 Å². The maximum absolute atomic E-state index is 12.3. The van der Waals surface area contributed by atoms with E-state index >= 15 is 0 Å². The molecule has 0 saturated carbocycles. The summed E-state index contributed by atoms with van der Waals surface area (Å²) in [6.45, 7) is 2.31. The van der Waals surface area contributed by atoms with Crippen LogP contribution in [0.25, 0.3) is 0 Å². The largest absolute Gasteiger partial charge is 0.390 e. The Labute approximate surface area is 183 Å². The third kappa shape index (κ3) is 5.34. The van der Waals surface area contributed by atoms with Crippen molar-refractivity contribution in [3.63, 3.8) is 0 Å². The number of halogens is 3. The minimum absolute atomic E-state index is 0.0853. The van der Waals surface area contributed by atoms with Crippen LogP contribution in [0.5, 0.6) is 0 Å². The van der Waals surface area contributed by atoms with Gasteiger partial charge in [-0.1, -0.05) is 29.3 Å². The molecule has 1 N–H and O–H groups in total. The summed E-state index contributed by atoms with van der Waals surface area (Å²) in [5, 5.41) is 22.8. The standard InChI is InChI=1S/C17H15BrCl2N6O3/c1-10-6-15(26(28)29)22-25(10)5-4-16(27)21-17-13(18)9-24(23-17)8-11-2-3-12(19)7-14(11)20/h2-3,6-7,9H,4-5,8H2,1H3,(H,21,23,27). The molecular weight excluding hydrogens is 487 g/mol. The Hall–Kier alpha value is -2.43. The molecule has 0 saturated heterocycles. The number of nitrogens with zero attached hydrogens (tertiary/aromatic N) is 5. The molecule has 152 valence electrons. The predicted octanol–water partition coefficient (Wildman–Crippen LogP) is 4.44. The van der Waals surface area contributed by atoms with E-state index in [9.17, 15) is 14.9 Å². The smallest absolute Gasteiger partial charge is 0.358 e. The van der Waals surface area contributed by atoms with E-state index in [1.54, 1.807) is 29.9 Å². The van der Waals surface area contributed by atoms with Crippen molar-refractivity contribution in [1.82, 2.24) is 19.6 Å². The molecule has 0 spiro atoms. The molecule has 0 atom stereocenters. The number of nitrogens with one attached hydrogen (secondary N) is 1. The Kier molecular flexibility index (Phi) is 6.56. The van der Waals surface area contributed by atoms with E-state index in [4.69, 9.17) is 23.2 Å². The van der Waals surface area contributed by atoms with Gasteiger partial charge in [-0.15, -0.1) is 0 Å². The summed E-state index contributed by atoms with van der Waals surface area (Å²) in [7, 11) is 0. The molecule has 1 aromatic carbocycles. The van der Waals surface area contributed by atoms with Crippen LogP contribution in [0.4, 0.5) is 11.6 Å². The summed E-state index contributed by atoms with van der Waals surface area (Å²) in [6.07, 6.45) is 1.81. The van der Waals surface area contributed by atoms with Gasteiger partial charge < -0.3 is 15.4 Å². The molecule has 0 aliphatic carbocycles. The van der Waals surface area contributed by atoms with Gasteiger partial charge in [0, 0.05) is 22.7 Å². The first kappa shape index (κ1) is 21.3. The number of hydrogen-bond acceptors (Lipinski definition) is 5. The van der Waals surface area contributed by atoms with E-state index in [0.717, 1.165) is 5.56 Å². The highest BCUT2D eigenvalue weighted by molar-refractivity contribution is 9.10. The fourth-order valence-electron chi connectivity index (χ4n) is 2.60. The van der Waals surface area contributed by atoms with Crippen LogP contribution in [0, 0.1) is 17.0 Å². The third-order valence-electron chi connectivity index (χ3n) is 4.03. The summed E-state index contributed by atoms with van der Waals surface area (Å²) in [6, 6.07) is 6.56. The van der Waals surface area contributed by atoms with Crippen LogP contribution >= 0.6 is 39.1 Å². The van der Waals surface area contributed by atoms with Gasteiger partial charge in [0.05, 0.1) is 34.4 Å². The minimum atomic E-state index is -0.569. The number of aryl methyl sites for hydroxylation is 2. The lowest BCUT2D eigenvalue weighted by Gasteiger charge is -2.05. The molecule has 9 nitrogen and oxygen atoms in total. The topological polar surface area (TPSA) is 108 Å². The fourth-order valence-corrected chi connectivity index (χ4v) is 3.48. The molecule has 0 bridgehead atoms. The van der Waals surface area contributed by atoms with E-state index in [-0.39, 0.29) is 24.7 Å². The molecular formula is C17H15BrCl2N6O3. The zero-order chi connectivity index (χ0) is 21.1. The summed E-state index contributed by atoms with van der Waals surface area (Å²) in [5.41, 5.74) is 1.44. The minimum Gasteiger partial charge on any atom is -0.358 e. The Balaban J connectivity index is 1.61. The molecule has 0 aliphatic heterocycles. The Morgan fingerprint density at radius 1 is 1.31 bits per heavy atom. The zero-order valence-electron chi connectivity index (χ0n) is 15.1. The predicted molar refractivity (Wildman–Crippen MR) is 112 cm³/mol. The summed E-state index contributed by atoms with van der Waals surface area (Å²) < 4.78 is 3.67. The van der Waals surface area contributed by atoms with Crippen LogP contribution < -0.4 is 5.32 Å². The summed E-state index contributed by atoms with van der Waals surface area (Å²) >= 11 is 15.5. The Bertz CT molecular complexity index is 1080. The lowest BCUT2D eigenvalue weighted by atomic mass is 10.2. The highest BCUT2D eigenvalue weighted by Crippen LogP contribution is 2.24. The lowest BCUT2D eigenvalue weighted by molar-refractivity contribution is -0.389. The Morgan fingerprint density at radius 2 is 2.07 bits per heavy atom. The number of anilines is 1. The van der Waals surface area contributed by atoms with Crippen molar-refractivity contribution in [2.45, 2.75) is 26.4 Å². The molecule has 29 heavy (non-hydrogen) atoms. The van der Waals surface area contributed by atoms with Crippen LogP contribution in [0.15, 0.2) is 34.9 Å². The molecule has 3 aromatic rings. The number of carbonyl (C=O) groups is 1. The van der Waals surface area contributed by atoms with E-state index in [2.05, 4.69) is 31.4 Å². The van der Waals surface area contributed by atoms with Crippen molar-refractivity contribution in [1.29, 1.82) is 0 Å². The molecule has 0 aliphatic rings. The second-order valence-corrected chi connectivity index (χ2v) is 7.88. The van der Waals surface area contributed by atoms with E-state index in [1.807, 2.05) is 6.07 Å². The zero-order valence-corrected chi connectivity index (χ0v) is 18.2. The number of carbonyl (C=O) groups excluding carboxylic acids is 1. The highest BCUT2D eigenvalue weighted by Gasteiger charge is 2.17. The van der Waals surface area contributed by atoms with E-state index in [1.165, 1.54) is 10.7 Å². The first-order valence-electron chi connectivity index (χ1n) is 8.38. The van der Waals surface area contributed by atoms with Crippen molar-refractivity contribution >= 4 is 56.7 Å². The number of rotatable bonds is 7. The Morgan fingerprint density at radius 3 is 2.72 bits per heavy atom. The molecule has 0 fully saturated rings. The van der Waals surface area contributed by atoms with Gasteiger partial charge in [0.25, 0.3) is 0 Å². The van der Waals surface area contributed by atoms with Crippen molar-refractivity contribution in [2.24, 2.45) is 0 Å². The van der Waals surface area contributed by atoms with E-state index in [0.29, 0.717) is 32.6 Å². The summed E-state index contributed by atoms with van der Waals surface area (Å²) in [5.74, 6) is -0.175. The lowest BCUT2D eigenvalue weighted by Crippen LogP contribution is -2.16. The number of nitro groups is 1. The van der Waals surface area contributed by atoms with Gasteiger partial charge in [-0.3, -0.25) is 9.48 Å². The van der Waals surface area contributed by atoms with Crippen molar-refractivity contribution < 1.29 is 9.72 Å². The normalized spacial score (nSPS) is 10.9. The first-order valence-corrected chi connectivity index (χ1v) is 9.93. The molecule has 2 heterocycles. The maximum Gasteiger partial charge on any atom is 0.390 e. The van der Waals surface area contributed by atoms with Crippen molar-refractivity contribution in [3.8, 4) is 0 Å². The van der Waals surface area contributed by atoms with Crippen LogP contribution in [-0.4, -0.2) is 30.4 Å². The van der Waals surface area contributed by atoms with Crippen molar-refractivity contribution in [2.75, 3.05) is 5.32 Å². The molecule has 3 rings (SSSR count). The number of amides is 1. The first-order chi connectivity index (χ1) is 13.7. The average molecular weight is 502 g/mol. The quantitative estimate of drug-likeness (QED) is 0.380. The second kappa shape index (κ2) is 8.93. The third-order valence-corrected chi connectivity index (χ3v) is 5.20. The monoisotopic (exact) mass is 500 g/mol. The van der Waals surface area contributed by atoms with Crippen LogP contribution in [0.3, 0.4) is 0 Å². The number of hydrogen-bond donors (Lipinski definition) is 1. The molecule has 0 unspecified atom stereocenters. The second-order valence-electron chi connectivity index (χ2n) is 6.18. The SMILES string of the molecule is Cc1cc([N+](=O)[O-])nn1CCC(=O)Nc1nn(Cc2ccc(Cl)cc2Cl)cc1Br. The average Bonchev–Trinajstić information content (AvgIpc) is 3.18. The van der Waals surface area contributed by atoms with Crippen molar-refractivity contribution in [3.05, 3.63) is 66.4 Å². The summed E-state index contributed by atoms with van der Waals surface area (Å²) in [4.78, 5) is 22.5. The van der Waals surface area contributed by atoms with Crippen LogP contribution in [-0.2, 0) is 17.9 Å². The number of aromatic nitrogens is 4. The van der Waals surface area contributed by atoms with Gasteiger partial charge >= 0.3 is 5.82 Å². The van der Waals surface area contributed by atoms with Gasteiger partial charge in [-0.25, -0.2) is 0 Å². The maximum atomic E-state index is 12.3. The van der Waals surface area contributed by atoms with Gasteiger partial charge in [-0.05, 0) is 45.5 Å². The molecule has 2 aromatic heterocycles. The van der Waals surface area contributed by atoms with Gasteiger partial charge in [-0.2, -0.15) is 9.78 Å². The van der Waals surface area contributed by atoms with Gasteiger partial charge in [0.15, 0.2) is 5.82 Å². The van der Waals surface area contributed by atoms with E-state index < -0.39 is 4.92 Å². The van der Waals surface area contributed by atoms with Crippen LogP contribution in [0.2, 0.25) is 10.0 Å². The fraction of sp³-hybridized carbons (Fsp3) is 0.235. The van der Waals surface area contributed by atoms with Gasteiger partial charge in [0.2, 0.25) is 5.91 Å². The van der Waals surface area contributed by atoms with Crippen LogP contribution in [0.1, 0.15) is 17.7 Å². The highest BCUT2D eigenvalue weighted by atomic mass is 79.9. The number of benzene rings is 1.